The van der Waals surface area contributed by atoms with Gasteiger partial charge in [-0.15, -0.1) is 0 Å². The van der Waals surface area contributed by atoms with Gasteiger partial charge in [0.25, 0.3) is 0 Å². The zero-order chi connectivity index (χ0) is 12.9. The summed E-state index contributed by atoms with van der Waals surface area (Å²) in [6, 6.07) is 3.41. The van der Waals surface area contributed by atoms with Crippen molar-refractivity contribution in [3.8, 4) is 5.75 Å². The molecule has 0 aliphatic rings. The van der Waals surface area contributed by atoms with Gasteiger partial charge in [0.05, 0.1) is 12.2 Å². The number of benzene rings is 1. The van der Waals surface area contributed by atoms with Crippen LogP contribution >= 0.6 is 11.6 Å². The first-order chi connectivity index (χ1) is 7.99. The zero-order valence-electron chi connectivity index (χ0n) is 8.67. The minimum atomic E-state index is -4.52. The summed E-state index contributed by atoms with van der Waals surface area (Å²) in [5.74, 6) is -0.288. The molecule has 0 spiro atoms. The first-order valence-corrected chi connectivity index (χ1v) is 5.11. The van der Waals surface area contributed by atoms with E-state index in [9.17, 15) is 13.2 Å². The second-order valence-electron chi connectivity index (χ2n) is 3.16. The van der Waals surface area contributed by atoms with Gasteiger partial charge >= 0.3 is 6.18 Å². The molecule has 94 valence electrons. The molecule has 0 saturated heterocycles. The van der Waals surface area contributed by atoms with E-state index in [2.05, 4.69) is 0 Å². The molecule has 0 aliphatic carbocycles. The maximum Gasteiger partial charge on any atom is 0.419 e. The number of rotatable bonds is 4. The number of aliphatic hydroxyl groups is 1. The van der Waals surface area contributed by atoms with Gasteiger partial charge in [0.15, 0.2) is 0 Å². The number of aliphatic hydroxyl groups excluding tert-OH is 1. The van der Waals surface area contributed by atoms with Gasteiger partial charge < -0.3 is 9.84 Å². The Labute approximate surface area is 101 Å². The quantitative estimate of drug-likeness (QED) is 0.906. The van der Waals surface area contributed by atoms with Crippen molar-refractivity contribution in [2.24, 2.45) is 0 Å². The van der Waals surface area contributed by atoms with Crippen LogP contribution in [0.3, 0.4) is 0 Å². The van der Waals surface area contributed by atoms with Crippen LogP contribution in [0, 0.1) is 0 Å². The molecule has 1 rings (SSSR count). The van der Waals surface area contributed by atoms with Crippen molar-refractivity contribution in [2.75, 3.05) is 6.61 Å². The third-order valence-corrected chi connectivity index (χ3v) is 2.13. The highest BCUT2D eigenvalue weighted by atomic mass is 35.5. The van der Waals surface area contributed by atoms with Crippen LogP contribution in [-0.2, 0) is 12.8 Å². The van der Waals surface area contributed by atoms with Crippen LogP contribution in [0.15, 0.2) is 29.8 Å². The van der Waals surface area contributed by atoms with Crippen molar-refractivity contribution in [1.82, 2.24) is 0 Å². The lowest BCUT2D eigenvalue weighted by atomic mass is 10.1. The minimum Gasteiger partial charge on any atom is -0.489 e. The largest absolute Gasteiger partial charge is 0.489 e. The van der Waals surface area contributed by atoms with E-state index in [1.165, 1.54) is 18.2 Å². The van der Waals surface area contributed by atoms with Crippen molar-refractivity contribution < 1.29 is 23.0 Å². The number of alkyl halides is 3. The molecule has 0 saturated carbocycles. The van der Waals surface area contributed by atoms with E-state index in [0.717, 1.165) is 11.6 Å². The second kappa shape index (κ2) is 5.93. The van der Waals surface area contributed by atoms with E-state index in [1.54, 1.807) is 0 Å². The van der Waals surface area contributed by atoms with Crippen molar-refractivity contribution in [3.05, 3.63) is 40.9 Å². The van der Waals surface area contributed by atoms with Crippen molar-refractivity contribution in [1.29, 1.82) is 0 Å². The zero-order valence-corrected chi connectivity index (χ0v) is 9.42. The highest BCUT2D eigenvalue weighted by Gasteiger charge is 2.34. The number of hydrogen-bond acceptors (Lipinski definition) is 2. The van der Waals surface area contributed by atoms with Crippen LogP contribution in [-0.4, -0.2) is 11.7 Å². The molecule has 17 heavy (non-hydrogen) atoms. The predicted octanol–water partition coefficient (Wildman–Crippen LogP) is 3.33. The molecule has 0 fully saturated rings. The van der Waals surface area contributed by atoms with Gasteiger partial charge in [-0.2, -0.15) is 13.2 Å². The van der Waals surface area contributed by atoms with Gasteiger partial charge in [-0.3, -0.25) is 0 Å². The molecule has 1 aromatic rings. The van der Waals surface area contributed by atoms with Gasteiger partial charge in [-0.25, -0.2) is 0 Å². The van der Waals surface area contributed by atoms with Gasteiger partial charge in [0.1, 0.15) is 12.4 Å². The molecule has 2 nitrogen and oxygen atoms in total. The normalized spacial score (nSPS) is 12.1. The van der Waals surface area contributed by atoms with E-state index in [-0.39, 0.29) is 17.9 Å². The summed E-state index contributed by atoms with van der Waals surface area (Å²) in [7, 11) is 0. The second-order valence-corrected chi connectivity index (χ2v) is 3.41. The van der Waals surface area contributed by atoms with E-state index in [1.807, 2.05) is 0 Å². The molecular formula is C11H10ClF3O2. The van der Waals surface area contributed by atoms with Crippen LogP contribution < -0.4 is 4.74 Å². The molecule has 0 radical (unpaired) electrons. The van der Waals surface area contributed by atoms with E-state index >= 15 is 0 Å². The lowest BCUT2D eigenvalue weighted by molar-refractivity contribution is -0.138. The fraction of sp³-hybridized carbons (Fsp3) is 0.273. The van der Waals surface area contributed by atoms with Gasteiger partial charge in [-0.1, -0.05) is 17.7 Å². The summed E-state index contributed by atoms with van der Waals surface area (Å²) in [5.41, 5.74) is 0.430. The fourth-order valence-corrected chi connectivity index (χ4v) is 1.27. The number of ether oxygens (including phenoxy) is 1. The number of halogens is 4. The third-order valence-electron chi connectivity index (χ3n) is 1.96. The van der Waals surface area contributed by atoms with E-state index in [0.29, 0.717) is 0 Å². The first-order valence-electron chi connectivity index (χ1n) is 4.68. The summed E-state index contributed by atoms with van der Waals surface area (Å²) >= 11 is 5.23. The average Bonchev–Trinajstić information content (AvgIpc) is 2.28. The Morgan fingerprint density at radius 2 is 2.06 bits per heavy atom. The minimum absolute atomic E-state index is 0.0505. The standard InChI is InChI=1S/C11H10ClF3O2/c12-4-1-5-17-10-3-2-8(7-16)6-9(10)11(13,14)15/h1-4,6,16H,5,7H2. The third kappa shape index (κ3) is 3.94. The van der Waals surface area contributed by atoms with Gasteiger partial charge in [0.2, 0.25) is 0 Å². The molecular weight excluding hydrogens is 257 g/mol. The average molecular weight is 267 g/mol. The Balaban J connectivity index is 3.02. The molecule has 1 aromatic carbocycles. The monoisotopic (exact) mass is 266 g/mol. The Morgan fingerprint density at radius 1 is 1.35 bits per heavy atom. The molecule has 0 aromatic heterocycles. The highest BCUT2D eigenvalue weighted by Crippen LogP contribution is 2.36. The number of hydrogen-bond donors (Lipinski definition) is 1. The molecule has 0 heterocycles. The first kappa shape index (κ1) is 13.9. The van der Waals surface area contributed by atoms with Crippen LogP contribution in [0.4, 0.5) is 13.2 Å². The van der Waals surface area contributed by atoms with Crippen LogP contribution in [0.25, 0.3) is 0 Å². The molecule has 0 atom stereocenters. The summed E-state index contributed by atoms with van der Waals surface area (Å²) in [6.07, 6.45) is -3.15. The summed E-state index contributed by atoms with van der Waals surface area (Å²) in [5, 5.41) is 8.80. The molecule has 0 aliphatic heterocycles. The summed E-state index contributed by atoms with van der Waals surface area (Å²) < 4.78 is 42.9. The van der Waals surface area contributed by atoms with E-state index in [4.69, 9.17) is 21.4 Å². The summed E-state index contributed by atoms with van der Waals surface area (Å²) in [4.78, 5) is 0. The van der Waals surface area contributed by atoms with Gasteiger partial charge in [-0.05, 0) is 23.8 Å². The highest BCUT2D eigenvalue weighted by molar-refractivity contribution is 6.25. The maximum absolute atomic E-state index is 12.7. The summed E-state index contributed by atoms with van der Waals surface area (Å²) in [6.45, 7) is -0.504. The van der Waals surface area contributed by atoms with Crippen molar-refractivity contribution in [2.45, 2.75) is 12.8 Å². The van der Waals surface area contributed by atoms with Crippen LogP contribution in [0.2, 0.25) is 0 Å². The Bertz CT molecular complexity index is 402. The maximum atomic E-state index is 12.7. The lowest BCUT2D eigenvalue weighted by Gasteiger charge is -2.14. The van der Waals surface area contributed by atoms with Crippen molar-refractivity contribution >= 4 is 11.6 Å². The fourth-order valence-electron chi connectivity index (χ4n) is 1.20. The van der Waals surface area contributed by atoms with E-state index < -0.39 is 18.3 Å². The molecule has 0 unspecified atom stereocenters. The molecule has 0 amide bonds. The predicted molar refractivity (Wildman–Crippen MR) is 57.9 cm³/mol. The molecule has 0 bridgehead atoms. The molecule has 1 N–H and O–H groups in total. The van der Waals surface area contributed by atoms with Crippen LogP contribution in [0.1, 0.15) is 11.1 Å². The topological polar surface area (TPSA) is 29.5 Å². The Kier molecular flexibility index (Phi) is 4.84. The lowest BCUT2D eigenvalue weighted by Crippen LogP contribution is -2.09. The smallest absolute Gasteiger partial charge is 0.419 e. The molecule has 6 heteroatoms. The Hall–Kier alpha value is -1.20. The van der Waals surface area contributed by atoms with Gasteiger partial charge in [0, 0.05) is 5.54 Å². The Morgan fingerprint density at radius 3 is 2.59 bits per heavy atom. The van der Waals surface area contributed by atoms with Crippen molar-refractivity contribution in [3.63, 3.8) is 0 Å². The van der Waals surface area contributed by atoms with Crippen LogP contribution in [0.5, 0.6) is 5.75 Å². The SMILES string of the molecule is OCc1ccc(OCC=CCl)c(C(F)(F)F)c1.